The molecule has 3 heterocycles. The van der Waals surface area contributed by atoms with E-state index in [0.29, 0.717) is 23.2 Å². The number of aromatic amines is 1. The second-order valence-corrected chi connectivity index (χ2v) is 10.3. The summed E-state index contributed by atoms with van der Waals surface area (Å²) in [5, 5.41) is 1.29. The number of hydrogen-bond acceptors (Lipinski definition) is 3. The van der Waals surface area contributed by atoms with Crippen LogP contribution in [0.4, 0.5) is 0 Å². The fourth-order valence-corrected chi connectivity index (χ4v) is 6.70. The van der Waals surface area contributed by atoms with Crippen molar-refractivity contribution in [3.05, 3.63) is 53.0 Å². The summed E-state index contributed by atoms with van der Waals surface area (Å²) in [4.78, 5) is 4.46. The van der Waals surface area contributed by atoms with E-state index < -0.39 is 10.0 Å². The molecular weight excluding hydrogens is 364 g/mol. The highest BCUT2D eigenvalue weighted by molar-refractivity contribution is 7.91. The zero-order valence-corrected chi connectivity index (χ0v) is 16.6. The predicted molar refractivity (Wildman–Crippen MR) is 107 cm³/mol. The van der Waals surface area contributed by atoms with Crippen LogP contribution in [0.5, 0.6) is 0 Å². The molecule has 1 saturated heterocycles. The molecule has 0 saturated carbocycles. The minimum Gasteiger partial charge on any atom is -0.361 e. The highest BCUT2D eigenvalue weighted by atomic mass is 32.2. The minimum atomic E-state index is -3.33. The van der Waals surface area contributed by atoms with Gasteiger partial charge in [-0.05, 0) is 55.4 Å². The monoisotopic (exact) mass is 388 g/mol. The van der Waals surface area contributed by atoms with Gasteiger partial charge in [0.05, 0.1) is 0 Å². The van der Waals surface area contributed by atoms with Crippen molar-refractivity contribution in [2.75, 3.05) is 13.1 Å². The maximum atomic E-state index is 12.8. The van der Waals surface area contributed by atoms with E-state index in [1.807, 2.05) is 12.1 Å². The van der Waals surface area contributed by atoms with Crippen LogP contribution in [0.25, 0.3) is 10.9 Å². The average Bonchev–Trinajstić information content (AvgIpc) is 3.30. The first-order valence-corrected chi connectivity index (χ1v) is 11.5. The molecule has 3 aromatic rings. The molecule has 1 N–H and O–H groups in total. The van der Waals surface area contributed by atoms with Crippen LogP contribution in [-0.4, -0.2) is 30.8 Å². The number of benzene rings is 1. The SMILES string of the molecule is CCc1ccc(S(=O)(=O)N2CCC(Cc3c[nH]c4ccccc34)CC2)s1. The number of hydrogen-bond donors (Lipinski definition) is 1. The summed E-state index contributed by atoms with van der Waals surface area (Å²) in [7, 11) is -3.33. The molecule has 1 aliphatic rings. The molecule has 26 heavy (non-hydrogen) atoms. The second kappa shape index (κ2) is 7.18. The Balaban J connectivity index is 1.42. The first-order valence-electron chi connectivity index (χ1n) is 9.22. The molecule has 4 nitrogen and oxygen atoms in total. The normalized spacial score (nSPS) is 17.1. The van der Waals surface area contributed by atoms with Crippen LogP contribution < -0.4 is 0 Å². The molecule has 1 fully saturated rings. The van der Waals surface area contributed by atoms with Gasteiger partial charge in [0.15, 0.2) is 0 Å². The van der Waals surface area contributed by atoms with E-state index >= 15 is 0 Å². The fourth-order valence-electron chi connectivity index (χ4n) is 3.78. The van der Waals surface area contributed by atoms with Crippen molar-refractivity contribution >= 4 is 32.3 Å². The third-order valence-electron chi connectivity index (χ3n) is 5.34. The summed E-state index contributed by atoms with van der Waals surface area (Å²) >= 11 is 1.41. The van der Waals surface area contributed by atoms with E-state index in [9.17, 15) is 8.42 Å². The second-order valence-electron chi connectivity index (χ2n) is 6.99. The Kier molecular flexibility index (Phi) is 4.90. The molecule has 0 radical (unpaired) electrons. The molecule has 0 amide bonds. The highest BCUT2D eigenvalue weighted by Gasteiger charge is 2.30. The first-order chi connectivity index (χ1) is 12.6. The van der Waals surface area contributed by atoms with Gasteiger partial charge in [0.2, 0.25) is 0 Å². The maximum Gasteiger partial charge on any atom is 0.252 e. The van der Waals surface area contributed by atoms with Crippen molar-refractivity contribution in [3.8, 4) is 0 Å². The summed E-state index contributed by atoms with van der Waals surface area (Å²) < 4.78 is 27.9. The Bertz CT molecular complexity index is 996. The molecule has 138 valence electrons. The van der Waals surface area contributed by atoms with Crippen molar-refractivity contribution < 1.29 is 8.42 Å². The van der Waals surface area contributed by atoms with Crippen LogP contribution in [0.3, 0.4) is 0 Å². The van der Waals surface area contributed by atoms with Gasteiger partial charge < -0.3 is 4.98 Å². The molecular formula is C20H24N2O2S2. The molecule has 6 heteroatoms. The average molecular weight is 389 g/mol. The number of piperidine rings is 1. The molecule has 0 aliphatic carbocycles. The fraction of sp³-hybridized carbons (Fsp3) is 0.400. The van der Waals surface area contributed by atoms with E-state index in [-0.39, 0.29) is 0 Å². The van der Waals surface area contributed by atoms with Crippen molar-refractivity contribution in [2.24, 2.45) is 5.92 Å². The Morgan fingerprint density at radius 3 is 2.65 bits per heavy atom. The molecule has 0 bridgehead atoms. The molecule has 4 rings (SSSR count). The molecule has 0 unspecified atom stereocenters. The maximum absolute atomic E-state index is 12.8. The Labute approximate surface area is 158 Å². The van der Waals surface area contributed by atoms with Gasteiger partial charge in [-0.25, -0.2) is 8.42 Å². The third kappa shape index (κ3) is 3.33. The summed E-state index contributed by atoms with van der Waals surface area (Å²) in [6.45, 7) is 3.29. The van der Waals surface area contributed by atoms with Crippen LogP contribution in [0.1, 0.15) is 30.2 Å². The number of fused-ring (bicyclic) bond motifs is 1. The topological polar surface area (TPSA) is 53.2 Å². The number of nitrogens with zero attached hydrogens (tertiary/aromatic N) is 1. The quantitative estimate of drug-likeness (QED) is 0.703. The number of rotatable bonds is 5. The summed E-state index contributed by atoms with van der Waals surface area (Å²) in [6.07, 6.45) is 5.84. The van der Waals surface area contributed by atoms with Gasteiger partial charge in [-0.1, -0.05) is 25.1 Å². The zero-order chi connectivity index (χ0) is 18.1. The Hall–Kier alpha value is -1.63. The first kappa shape index (κ1) is 17.8. The Morgan fingerprint density at radius 2 is 1.92 bits per heavy atom. The van der Waals surface area contributed by atoms with E-state index in [1.165, 1.54) is 27.8 Å². The third-order valence-corrected chi connectivity index (χ3v) is 8.93. The van der Waals surface area contributed by atoms with Crippen molar-refractivity contribution in [2.45, 2.75) is 36.8 Å². The minimum absolute atomic E-state index is 0.490. The van der Waals surface area contributed by atoms with Crippen LogP contribution >= 0.6 is 11.3 Å². The van der Waals surface area contributed by atoms with Crippen LogP contribution in [0, 0.1) is 5.92 Å². The number of nitrogens with one attached hydrogen (secondary N) is 1. The number of sulfonamides is 1. The number of aryl methyl sites for hydroxylation is 1. The van der Waals surface area contributed by atoms with Gasteiger partial charge in [0.25, 0.3) is 10.0 Å². The van der Waals surface area contributed by atoms with E-state index in [1.54, 1.807) is 10.4 Å². The molecule has 1 aromatic carbocycles. The van der Waals surface area contributed by atoms with Gasteiger partial charge in [0.1, 0.15) is 4.21 Å². The number of H-pyrrole nitrogens is 1. The van der Waals surface area contributed by atoms with Gasteiger partial charge in [0, 0.05) is 35.1 Å². The van der Waals surface area contributed by atoms with Crippen LogP contribution in [-0.2, 0) is 22.9 Å². The van der Waals surface area contributed by atoms with Crippen LogP contribution in [0.15, 0.2) is 46.8 Å². The highest BCUT2D eigenvalue weighted by Crippen LogP contribution is 2.31. The van der Waals surface area contributed by atoms with Gasteiger partial charge in [-0.2, -0.15) is 4.31 Å². The summed E-state index contributed by atoms with van der Waals surface area (Å²) in [5.74, 6) is 0.537. The number of thiophene rings is 1. The lowest BCUT2D eigenvalue weighted by atomic mass is 9.91. The van der Waals surface area contributed by atoms with Gasteiger partial charge >= 0.3 is 0 Å². The predicted octanol–water partition coefficient (Wildman–Crippen LogP) is 4.44. The van der Waals surface area contributed by atoms with Gasteiger partial charge in [-0.3, -0.25) is 0 Å². The lowest BCUT2D eigenvalue weighted by Crippen LogP contribution is -2.38. The number of aromatic nitrogens is 1. The smallest absolute Gasteiger partial charge is 0.252 e. The standard InChI is InChI=1S/C20H24N2O2S2/c1-2-17-7-8-20(25-17)26(23,24)22-11-9-15(10-12-22)13-16-14-21-19-6-4-3-5-18(16)19/h3-8,14-15,21H,2,9-13H2,1H3. The zero-order valence-electron chi connectivity index (χ0n) is 14.9. The largest absolute Gasteiger partial charge is 0.361 e. The summed E-state index contributed by atoms with van der Waals surface area (Å²) in [6, 6.07) is 12.1. The Morgan fingerprint density at radius 1 is 1.15 bits per heavy atom. The molecule has 1 aliphatic heterocycles. The summed E-state index contributed by atoms with van der Waals surface area (Å²) in [5.41, 5.74) is 2.51. The van der Waals surface area contributed by atoms with Crippen LogP contribution in [0.2, 0.25) is 0 Å². The van der Waals surface area contributed by atoms with Gasteiger partial charge in [-0.15, -0.1) is 11.3 Å². The molecule has 2 aromatic heterocycles. The lowest BCUT2D eigenvalue weighted by Gasteiger charge is -2.30. The van der Waals surface area contributed by atoms with E-state index in [0.717, 1.165) is 30.6 Å². The lowest BCUT2D eigenvalue weighted by molar-refractivity contribution is 0.273. The molecule has 0 atom stereocenters. The van der Waals surface area contributed by atoms with Crippen molar-refractivity contribution in [1.82, 2.24) is 9.29 Å². The van der Waals surface area contributed by atoms with E-state index in [2.05, 4.69) is 36.3 Å². The molecule has 0 spiro atoms. The van der Waals surface area contributed by atoms with E-state index in [4.69, 9.17) is 0 Å². The van der Waals surface area contributed by atoms with Crippen molar-refractivity contribution in [1.29, 1.82) is 0 Å². The van der Waals surface area contributed by atoms with Crippen molar-refractivity contribution in [3.63, 3.8) is 0 Å². The number of para-hydroxylation sites is 1.